The molecule has 1 aliphatic heterocycles. The molecular weight excluding hydrogens is 396 g/mol. The molecule has 0 spiro atoms. The Hall–Kier alpha value is -2.47. The molecule has 3 amide bonds. The predicted octanol–water partition coefficient (Wildman–Crippen LogP) is 4.02. The van der Waals surface area contributed by atoms with Crippen molar-refractivity contribution in [1.29, 1.82) is 0 Å². The van der Waals surface area contributed by atoms with Crippen molar-refractivity contribution in [3.05, 3.63) is 63.6 Å². The van der Waals surface area contributed by atoms with Crippen LogP contribution in [-0.4, -0.2) is 28.7 Å². The minimum Gasteiger partial charge on any atom is -0.324 e. The van der Waals surface area contributed by atoms with Crippen LogP contribution in [0.5, 0.6) is 0 Å². The molecule has 0 bridgehead atoms. The van der Waals surface area contributed by atoms with Crippen molar-refractivity contribution in [3.8, 4) is 0 Å². The lowest BCUT2D eigenvalue weighted by molar-refractivity contribution is -0.121. The number of fused-ring (bicyclic) bond motifs is 1. The minimum atomic E-state index is -0.884. The van der Waals surface area contributed by atoms with Crippen LogP contribution in [0.25, 0.3) is 0 Å². The van der Waals surface area contributed by atoms with Crippen LogP contribution in [0, 0.1) is 12.8 Å². The Morgan fingerprint density at radius 3 is 2.12 bits per heavy atom. The Labute approximate surface area is 160 Å². The fourth-order valence-corrected chi connectivity index (χ4v) is 3.63. The number of rotatable bonds is 4. The summed E-state index contributed by atoms with van der Waals surface area (Å²) >= 11 is 3.39. The van der Waals surface area contributed by atoms with Gasteiger partial charge in [0.1, 0.15) is 6.04 Å². The molecule has 1 aliphatic rings. The molecule has 0 saturated carbocycles. The van der Waals surface area contributed by atoms with E-state index in [9.17, 15) is 14.4 Å². The van der Waals surface area contributed by atoms with Crippen LogP contribution in [0.3, 0.4) is 0 Å². The number of benzene rings is 2. The van der Waals surface area contributed by atoms with Gasteiger partial charge in [-0.2, -0.15) is 0 Å². The fraction of sp³-hybridized carbons (Fsp3) is 0.250. The summed E-state index contributed by atoms with van der Waals surface area (Å²) in [6.45, 7) is 5.53. The average molecular weight is 415 g/mol. The number of imide groups is 1. The minimum absolute atomic E-state index is 0.229. The number of halogens is 1. The van der Waals surface area contributed by atoms with Gasteiger partial charge in [-0.15, -0.1) is 0 Å². The van der Waals surface area contributed by atoms with Gasteiger partial charge < -0.3 is 5.32 Å². The highest BCUT2D eigenvalue weighted by Crippen LogP contribution is 2.28. The summed E-state index contributed by atoms with van der Waals surface area (Å²) in [4.78, 5) is 39.5. The first-order valence-corrected chi connectivity index (χ1v) is 9.14. The number of anilines is 1. The smallest absolute Gasteiger partial charge is 0.262 e. The van der Waals surface area contributed by atoms with Crippen LogP contribution in [0.4, 0.5) is 5.69 Å². The van der Waals surface area contributed by atoms with Crippen LogP contribution in [0.15, 0.2) is 46.9 Å². The standard InChI is InChI=1S/C20H19BrN2O3/c1-11(2)17(18(24)22-16-9-8-13(21)10-12(16)3)23-19(25)14-6-4-5-7-15(14)20(23)26/h4-11,17H,1-3H3,(H,22,24). The number of hydrogen-bond acceptors (Lipinski definition) is 3. The zero-order chi connectivity index (χ0) is 19.0. The van der Waals surface area contributed by atoms with E-state index in [1.54, 1.807) is 30.3 Å². The Balaban J connectivity index is 1.92. The van der Waals surface area contributed by atoms with Crippen molar-refractivity contribution in [2.24, 2.45) is 5.92 Å². The van der Waals surface area contributed by atoms with Gasteiger partial charge >= 0.3 is 0 Å². The van der Waals surface area contributed by atoms with E-state index in [2.05, 4.69) is 21.2 Å². The van der Waals surface area contributed by atoms with Gasteiger partial charge in [0.25, 0.3) is 11.8 Å². The van der Waals surface area contributed by atoms with E-state index in [-0.39, 0.29) is 11.8 Å². The molecule has 6 heteroatoms. The van der Waals surface area contributed by atoms with Gasteiger partial charge in [0.15, 0.2) is 0 Å². The van der Waals surface area contributed by atoms with E-state index in [1.807, 2.05) is 32.9 Å². The average Bonchev–Trinajstić information content (AvgIpc) is 2.83. The molecule has 134 valence electrons. The van der Waals surface area contributed by atoms with Crippen LogP contribution in [-0.2, 0) is 4.79 Å². The highest BCUT2D eigenvalue weighted by molar-refractivity contribution is 9.10. The van der Waals surface area contributed by atoms with Gasteiger partial charge in [-0.25, -0.2) is 0 Å². The summed E-state index contributed by atoms with van der Waals surface area (Å²) in [6, 6.07) is 11.3. The summed E-state index contributed by atoms with van der Waals surface area (Å²) in [5.41, 5.74) is 2.23. The van der Waals surface area contributed by atoms with E-state index in [0.717, 1.165) is 14.9 Å². The maximum absolute atomic E-state index is 13.0. The lowest BCUT2D eigenvalue weighted by Gasteiger charge is -2.28. The predicted molar refractivity (Wildman–Crippen MR) is 103 cm³/mol. The van der Waals surface area contributed by atoms with E-state index in [4.69, 9.17) is 0 Å². The molecular formula is C20H19BrN2O3. The van der Waals surface area contributed by atoms with E-state index in [0.29, 0.717) is 16.8 Å². The highest BCUT2D eigenvalue weighted by Gasteiger charge is 2.43. The Bertz CT molecular complexity index is 873. The van der Waals surface area contributed by atoms with Crippen LogP contribution >= 0.6 is 15.9 Å². The van der Waals surface area contributed by atoms with Crippen molar-refractivity contribution in [2.75, 3.05) is 5.32 Å². The number of carbonyl (C=O) groups excluding carboxylic acids is 3. The second-order valence-corrected chi connectivity index (χ2v) is 7.58. The summed E-state index contributed by atoms with van der Waals surface area (Å²) in [7, 11) is 0. The number of amides is 3. The van der Waals surface area contributed by atoms with E-state index < -0.39 is 17.9 Å². The van der Waals surface area contributed by atoms with Crippen molar-refractivity contribution in [2.45, 2.75) is 26.8 Å². The number of hydrogen-bond donors (Lipinski definition) is 1. The molecule has 0 aliphatic carbocycles. The van der Waals surface area contributed by atoms with Crippen LogP contribution in [0.1, 0.15) is 40.1 Å². The molecule has 1 N–H and O–H groups in total. The maximum atomic E-state index is 13.0. The third kappa shape index (κ3) is 3.17. The second kappa shape index (κ2) is 7.03. The zero-order valence-electron chi connectivity index (χ0n) is 14.7. The van der Waals surface area contributed by atoms with Crippen LogP contribution in [0.2, 0.25) is 0 Å². The normalized spacial score (nSPS) is 14.6. The third-order valence-electron chi connectivity index (χ3n) is 4.45. The van der Waals surface area contributed by atoms with Gasteiger partial charge in [-0.05, 0) is 48.7 Å². The topological polar surface area (TPSA) is 66.5 Å². The monoisotopic (exact) mass is 414 g/mol. The third-order valence-corrected chi connectivity index (χ3v) is 4.94. The first-order chi connectivity index (χ1) is 12.3. The highest BCUT2D eigenvalue weighted by atomic mass is 79.9. The Morgan fingerprint density at radius 2 is 1.62 bits per heavy atom. The van der Waals surface area contributed by atoms with E-state index in [1.165, 1.54) is 0 Å². The molecule has 1 unspecified atom stereocenters. The molecule has 0 saturated heterocycles. The number of nitrogens with zero attached hydrogens (tertiary/aromatic N) is 1. The molecule has 26 heavy (non-hydrogen) atoms. The second-order valence-electron chi connectivity index (χ2n) is 6.66. The first kappa shape index (κ1) is 18.3. The summed E-state index contributed by atoms with van der Waals surface area (Å²) in [5, 5.41) is 2.86. The fourth-order valence-electron chi connectivity index (χ4n) is 3.15. The maximum Gasteiger partial charge on any atom is 0.262 e. The zero-order valence-corrected chi connectivity index (χ0v) is 16.3. The summed E-state index contributed by atoms with van der Waals surface area (Å²) < 4.78 is 0.911. The molecule has 3 rings (SSSR count). The SMILES string of the molecule is Cc1cc(Br)ccc1NC(=O)C(C(C)C)N1C(=O)c2ccccc2C1=O. The van der Waals surface area contributed by atoms with Crippen LogP contribution < -0.4 is 5.32 Å². The molecule has 2 aromatic carbocycles. The van der Waals surface area contributed by atoms with Crippen molar-refractivity contribution >= 4 is 39.3 Å². The van der Waals surface area contributed by atoms with Gasteiger partial charge in [0.05, 0.1) is 11.1 Å². The molecule has 5 nitrogen and oxygen atoms in total. The first-order valence-electron chi connectivity index (χ1n) is 8.35. The van der Waals surface area contributed by atoms with Crippen molar-refractivity contribution < 1.29 is 14.4 Å². The molecule has 0 radical (unpaired) electrons. The van der Waals surface area contributed by atoms with Crippen molar-refractivity contribution in [3.63, 3.8) is 0 Å². The number of nitrogens with one attached hydrogen (secondary N) is 1. The molecule has 0 fully saturated rings. The largest absolute Gasteiger partial charge is 0.324 e. The molecule has 0 aromatic heterocycles. The van der Waals surface area contributed by atoms with Gasteiger partial charge in [0.2, 0.25) is 5.91 Å². The molecule has 1 atom stereocenters. The number of aryl methyl sites for hydroxylation is 1. The summed E-state index contributed by atoms with van der Waals surface area (Å²) in [5.74, 6) is -1.45. The van der Waals surface area contributed by atoms with Gasteiger partial charge in [0, 0.05) is 10.2 Å². The van der Waals surface area contributed by atoms with Gasteiger partial charge in [-0.1, -0.05) is 41.9 Å². The lowest BCUT2D eigenvalue weighted by Crippen LogP contribution is -2.50. The van der Waals surface area contributed by atoms with Gasteiger partial charge in [-0.3, -0.25) is 19.3 Å². The quantitative estimate of drug-likeness (QED) is 0.768. The summed E-state index contributed by atoms with van der Waals surface area (Å²) in [6.07, 6.45) is 0. The Kier molecular flexibility index (Phi) is 4.96. The lowest BCUT2D eigenvalue weighted by atomic mass is 10.0. The molecule has 2 aromatic rings. The van der Waals surface area contributed by atoms with E-state index >= 15 is 0 Å². The Morgan fingerprint density at radius 1 is 1.04 bits per heavy atom. The molecule has 1 heterocycles. The van der Waals surface area contributed by atoms with Crippen molar-refractivity contribution in [1.82, 2.24) is 4.90 Å². The number of carbonyl (C=O) groups is 3.